The SMILES string of the molecule is CN(Cc1ccccc1Cl)c1nc(NN)nc2sccc12. The molecule has 2 heterocycles. The monoisotopic (exact) mass is 319 g/mol. The van der Waals surface area contributed by atoms with Crippen LogP contribution < -0.4 is 16.2 Å². The lowest BCUT2D eigenvalue weighted by molar-refractivity contribution is 0.901. The highest BCUT2D eigenvalue weighted by atomic mass is 35.5. The first kappa shape index (κ1) is 14.1. The van der Waals surface area contributed by atoms with Gasteiger partial charge in [0.05, 0.1) is 5.39 Å². The number of aromatic nitrogens is 2. The molecule has 0 saturated heterocycles. The Bertz CT molecular complexity index is 773. The molecule has 0 unspecified atom stereocenters. The maximum atomic E-state index is 6.22. The Morgan fingerprint density at radius 1 is 1.29 bits per heavy atom. The molecule has 1 aromatic carbocycles. The van der Waals surface area contributed by atoms with E-state index in [-0.39, 0.29) is 0 Å². The Balaban J connectivity index is 1.99. The van der Waals surface area contributed by atoms with Crippen molar-refractivity contribution in [2.24, 2.45) is 5.84 Å². The third-order valence-corrected chi connectivity index (χ3v) is 4.34. The van der Waals surface area contributed by atoms with Crippen LogP contribution in [0.15, 0.2) is 35.7 Å². The molecule has 0 aliphatic heterocycles. The molecule has 0 aliphatic rings. The Morgan fingerprint density at radius 2 is 2.10 bits per heavy atom. The molecular formula is C14H14ClN5S. The molecule has 3 N–H and O–H groups in total. The predicted molar refractivity (Wildman–Crippen MR) is 88.8 cm³/mol. The molecule has 0 aliphatic carbocycles. The quantitative estimate of drug-likeness (QED) is 0.570. The zero-order valence-corrected chi connectivity index (χ0v) is 12.9. The standard InChI is InChI=1S/C14H14ClN5S/c1-20(8-9-4-2-3-5-11(9)15)12-10-6-7-21-13(10)18-14(17-12)19-16/h2-7H,8,16H2,1H3,(H,17,18,19). The number of halogens is 1. The fraction of sp³-hybridized carbons (Fsp3) is 0.143. The van der Waals surface area contributed by atoms with Crippen molar-refractivity contribution < 1.29 is 0 Å². The second-order valence-corrected chi connectivity index (χ2v) is 5.90. The number of nitrogens with zero attached hydrogens (tertiary/aromatic N) is 3. The maximum Gasteiger partial charge on any atom is 0.240 e. The normalized spacial score (nSPS) is 10.8. The van der Waals surface area contributed by atoms with Crippen LogP contribution in [0, 0.1) is 0 Å². The molecule has 3 aromatic rings. The van der Waals surface area contributed by atoms with E-state index in [0.29, 0.717) is 12.5 Å². The van der Waals surface area contributed by atoms with Gasteiger partial charge in [0.15, 0.2) is 0 Å². The van der Waals surface area contributed by atoms with Crippen molar-refractivity contribution in [3.8, 4) is 0 Å². The Hall–Kier alpha value is -1.89. The Labute approximate surface area is 131 Å². The number of hydrogen-bond donors (Lipinski definition) is 2. The molecule has 0 bridgehead atoms. The largest absolute Gasteiger partial charge is 0.355 e. The number of fused-ring (bicyclic) bond motifs is 1. The first-order valence-electron chi connectivity index (χ1n) is 6.35. The number of anilines is 2. The van der Waals surface area contributed by atoms with Crippen LogP contribution in [-0.4, -0.2) is 17.0 Å². The van der Waals surface area contributed by atoms with Crippen LogP contribution in [0.2, 0.25) is 5.02 Å². The summed E-state index contributed by atoms with van der Waals surface area (Å²) in [6.07, 6.45) is 0. The number of nitrogen functional groups attached to an aromatic ring is 1. The lowest BCUT2D eigenvalue weighted by Crippen LogP contribution is -2.20. The molecule has 7 heteroatoms. The van der Waals surface area contributed by atoms with Crippen LogP contribution in [0.4, 0.5) is 11.8 Å². The highest BCUT2D eigenvalue weighted by molar-refractivity contribution is 7.16. The third-order valence-electron chi connectivity index (χ3n) is 3.16. The zero-order chi connectivity index (χ0) is 14.8. The van der Waals surface area contributed by atoms with Gasteiger partial charge in [0, 0.05) is 18.6 Å². The molecule has 3 rings (SSSR count). The number of hydrazine groups is 1. The lowest BCUT2D eigenvalue weighted by Gasteiger charge is -2.20. The first-order chi connectivity index (χ1) is 10.2. The number of rotatable bonds is 4. The van der Waals surface area contributed by atoms with Gasteiger partial charge >= 0.3 is 0 Å². The minimum absolute atomic E-state index is 0.408. The van der Waals surface area contributed by atoms with E-state index in [1.165, 1.54) is 0 Å². The summed E-state index contributed by atoms with van der Waals surface area (Å²) < 4.78 is 0. The summed E-state index contributed by atoms with van der Waals surface area (Å²) in [5, 5.41) is 3.75. The summed E-state index contributed by atoms with van der Waals surface area (Å²) in [5.41, 5.74) is 3.56. The summed E-state index contributed by atoms with van der Waals surface area (Å²) in [4.78, 5) is 11.7. The predicted octanol–water partition coefficient (Wildman–Crippen LogP) is 3.27. The fourth-order valence-corrected chi connectivity index (χ4v) is 3.11. The van der Waals surface area contributed by atoms with E-state index < -0.39 is 0 Å². The summed E-state index contributed by atoms with van der Waals surface area (Å²) in [5.74, 6) is 6.68. The number of benzene rings is 1. The van der Waals surface area contributed by atoms with Gasteiger partial charge in [0.2, 0.25) is 5.95 Å². The first-order valence-corrected chi connectivity index (χ1v) is 7.61. The number of nitrogens with two attached hydrogens (primary N) is 1. The molecule has 2 aromatic heterocycles. The zero-order valence-electron chi connectivity index (χ0n) is 11.4. The topological polar surface area (TPSA) is 67.1 Å². The van der Waals surface area contributed by atoms with Crippen molar-refractivity contribution in [1.29, 1.82) is 0 Å². The van der Waals surface area contributed by atoms with E-state index in [9.17, 15) is 0 Å². The van der Waals surface area contributed by atoms with Gasteiger partial charge in [-0.15, -0.1) is 11.3 Å². The van der Waals surface area contributed by atoms with E-state index in [4.69, 9.17) is 17.4 Å². The molecule has 108 valence electrons. The molecule has 0 radical (unpaired) electrons. The van der Waals surface area contributed by atoms with E-state index in [0.717, 1.165) is 26.6 Å². The molecular weight excluding hydrogens is 306 g/mol. The Morgan fingerprint density at radius 3 is 2.86 bits per heavy atom. The average molecular weight is 320 g/mol. The van der Waals surface area contributed by atoms with Crippen LogP contribution >= 0.6 is 22.9 Å². The molecule has 0 saturated carbocycles. The Kier molecular flexibility index (Phi) is 3.92. The van der Waals surface area contributed by atoms with Gasteiger partial charge in [-0.3, -0.25) is 5.43 Å². The van der Waals surface area contributed by atoms with Crippen LogP contribution in [0.3, 0.4) is 0 Å². The van der Waals surface area contributed by atoms with Gasteiger partial charge in [-0.25, -0.2) is 10.8 Å². The van der Waals surface area contributed by atoms with E-state index in [2.05, 4.69) is 15.4 Å². The minimum atomic E-state index is 0.408. The smallest absolute Gasteiger partial charge is 0.240 e. The molecule has 0 amide bonds. The second-order valence-electron chi connectivity index (χ2n) is 4.60. The van der Waals surface area contributed by atoms with Crippen molar-refractivity contribution in [3.63, 3.8) is 0 Å². The highest BCUT2D eigenvalue weighted by Gasteiger charge is 2.13. The molecule has 0 atom stereocenters. The molecule has 0 fully saturated rings. The second kappa shape index (κ2) is 5.85. The molecule has 21 heavy (non-hydrogen) atoms. The summed E-state index contributed by atoms with van der Waals surface area (Å²) in [7, 11) is 1.98. The maximum absolute atomic E-state index is 6.22. The van der Waals surface area contributed by atoms with Crippen LogP contribution in [0.5, 0.6) is 0 Å². The van der Waals surface area contributed by atoms with E-state index in [1.807, 2.05) is 47.7 Å². The van der Waals surface area contributed by atoms with Crippen molar-refractivity contribution in [3.05, 3.63) is 46.3 Å². The van der Waals surface area contributed by atoms with Crippen LogP contribution in [0.1, 0.15) is 5.56 Å². The minimum Gasteiger partial charge on any atom is -0.355 e. The number of nitrogens with one attached hydrogen (secondary N) is 1. The number of hydrogen-bond acceptors (Lipinski definition) is 6. The van der Waals surface area contributed by atoms with Crippen molar-refractivity contribution >= 4 is 44.9 Å². The van der Waals surface area contributed by atoms with Crippen LogP contribution in [0.25, 0.3) is 10.2 Å². The van der Waals surface area contributed by atoms with E-state index in [1.54, 1.807) is 11.3 Å². The van der Waals surface area contributed by atoms with Crippen molar-refractivity contribution in [2.45, 2.75) is 6.54 Å². The van der Waals surface area contributed by atoms with Crippen molar-refractivity contribution in [1.82, 2.24) is 9.97 Å². The molecule has 5 nitrogen and oxygen atoms in total. The third kappa shape index (κ3) is 2.78. The summed E-state index contributed by atoms with van der Waals surface area (Å²) >= 11 is 7.78. The van der Waals surface area contributed by atoms with Gasteiger partial charge in [-0.2, -0.15) is 4.98 Å². The van der Waals surface area contributed by atoms with Gasteiger partial charge < -0.3 is 4.90 Å². The molecule has 0 spiro atoms. The van der Waals surface area contributed by atoms with Gasteiger partial charge in [-0.05, 0) is 23.1 Å². The summed E-state index contributed by atoms with van der Waals surface area (Å²) in [6, 6.07) is 9.80. The van der Waals surface area contributed by atoms with Crippen molar-refractivity contribution in [2.75, 3.05) is 17.4 Å². The lowest BCUT2D eigenvalue weighted by atomic mass is 10.2. The fourth-order valence-electron chi connectivity index (χ4n) is 2.15. The number of thiophene rings is 1. The average Bonchev–Trinajstić information content (AvgIpc) is 2.96. The van der Waals surface area contributed by atoms with E-state index >= 15 is 0 Å². The summed E-state index contributed by atoms with van der Waals surface area (Å²) in [6.45, 7) is 0.658. The van der Waals surface area contributed by atoms with Gasteiger partial charge in [0.25, 0.3) is 0 Å². The van der Waals surface area contributed by atoms with Gasteiger partial charge in [-0.1, -0.05) is 29.8 Å². The highest BCUT2D eigenvalue weighted by Crippen LogP contribution is 2.29. The van der Waals surface area contributed by atoms with Gasteiger partial charge in [0.1, 0.15) is 10.6 Å². The van der Waals surface area contributed by atoms with Crippen LogP contribution in [-0.2, 0) is 6.54 Å².